The maximum atomic E-state index is 13.0. The predicted octanol–water partition coefficient (Wildman–Crippen LogP) is 5.16. The first-order chi connectivity index (χ1) is 14.9. The summed E-state index contributed by atoms with van der Waals surface area (Å²) in [4.78, 5) is 34.5. The van der Waals surface area contributed by atoms with Gasteiger partial charge in [-0.05, 0) is 42.5 Å². The van der Waals surface area contributed by atoms with Gasteiger partial charge < -0.3 is 20.5 Å². The van der Waals surface area contributed by atoms with Gasteiger partial charge in [-0.1, -0.05) is 23.7 Å². The largest absolute Gasteiger partial charge is 0.378 e. The molecule has 0 saturated heterocycles. The highest BCUT2D eigenvalue weighted by Gasteiger charge is 2.16. The molecule has 2 aromatic heterocycles. The van der Waals surface area contributed by atoms with Gasteiger partial charge >= 0.3 is 6.03 Å². The van der Waals surface area contributed by atoms with Crippen LogP contribution in [0.25, 0.3) is 11.0 Å². The normalized spacial score (nSPS) is 10.7. The Balaban J connectivity index is 1.49. The molecule has 0 aliphatic carbocycles. The van der Waals surface area contributed by atoms with Gasteiger partial charge in [-0.3, -0.25) is 4.79 Å². The number of aromatic amines is 1. The number of nitrogens with one attached hydrogen (secondary N) is 3. The van der Waals surface area contributed by atoms with Gasteiger partial charge in [0.25, 0.3) is 0 Å². The van der Waals surface area contributed by atoms with E-state index in [4.69, 9.17) is 11.6 Å². The highest BCUT2D eigenvalue weighted by atomic mass is 35.5. The highest BCUT2D eigenvalue weighted by Crippen LogP contribution is 2.24. The van der Waals surface area contributed by atoms with E-state index in [0.29, 0.717) is 38.6 Å². The van der Waals surface area contributed by atoms with Crippen LogP contribution in [0.1, 0.15) is 15.9 Å². The van der Waals surface area contributed by atoms with E-state index in [1.165, 1.54) is 6.20 Å². The molecule has 3 N–H and O–H groups in total. The van der Waals surface area contributed by atoms with Gasteiger partial charge in [-0.15, -0.1) is 0 Å². The Hall–Kier alpha value is -3.84. The number of carbonyl (C=O) groups is 2. The Bertz CT molecular complexity index is 1260. The van der Waals surface area contributed by atoms with Crippen LogP contribution in [0.3, 0.4) is 0 Å². The topological polar surface area (TPSA) is 90.1 Å². The molecule has 0 saturated carbocycles. The second-order valence-electron chi connectivity index (χ2n) is 7.18. The molecule has 4 aromatic rings. The first kappa shape index (κ1) is 20.4. The maximum absolute atomic E-state index is 13.0. The van der Waals surface area contributed by atoms with Gasteiger partial charge in [0.1, 0.15) is 5.65 Å². The Morgan fingerprint density at radius 2 is 1.74 bits per heavy atom. The van der Waals surface area contributed by atoms with E-state index in [9.17, 15) is 9.59 Å². The molecule has 0 radical (unpaired) electrons. The van der Waals surface area contributed by atoms with Crippen molar-refractivity contribution in [2.24, 2.45) is 0 Å². The van der Waals surface area contributed by atoms with Gasteiger partial charge in [-0.25, -0.2) is 9.78 Å². The van der Waals surface area contributed by atoms with E-state index in [2.05, 4.69) is 20.6 Å². The van der Waals surface area contributed by atoms with Crippen LogP contribution < -0.4 is 15.5 Å². The van der Waals surface area contributed by atoms with Crippen LogP contribution in [-0.4, -0.2) is 35.9 Å². The van der Waals surface area contributed by atoms with E-state index in [-0.39, 0.29) is 5.78 Å². The molecule has 0 aliphatic rings. The van der Waals surface area contributed by atoms with Crippen LogP contribution in [-0.2, 0) is 0 Å². The van der Waals surface area contributed by atoms with Crippen molar-refractivity contribution in [3.63, 3.8) is 0 Å². The number of hydrogen-bond acceptors (Lipinski definition) is 4. The Kier molecular flexibility index (Phi) is 5.60. The minimum absolute atomic E-state index is 0.196. The Labute approximate surface area is 184 Å². The fourth-order valence-electron chi connectivity index (χ4n) is 3.20. The molecule has 2 heterocycles. The number of benzene rings is 2. The molecule has 0 spiro atoms. The van der Waals surface area contributed by atoms with E-state index < -0.39 is 6.03 Å². The first-order valence-electron chi connectivity index (χ1n) is 9.53. The summed E-state index contributed by atoms with van der Waals surface area (Å²) < 4.78 is 0. The number of pyridine rings is 1. The third kappa shape index (κ3) is 4.51. The number of halogens is 1. The van der Waals surface area contributed by atoms with Crippen molar-refractivity contribution in [3.05, 3.63) is 83.1 Å². The number of ketones is 1. The zero-order valence-electron chi connectivity index (χ0n) is 16.9. The molecule has 4 rings (SSSR count). The van der Waals surface area contributed by atoms with Crippen molar-refractivity contribution in [1.29, 1.82) is 0 Å². The molecule has 0 unspecified atom stereocenters. The smallest absolute Gasteiger partial charge is 0.323 e. The monoisotopic (exact) mass is 433 g/mol. The zero-order chi connectivity index (χ0) is 22.0. The molecule has 8 heteroatoms. The second kappa shape index (κ2) is 8.49. The fraction of sp³-hybridized carbons (Fsp3) is 0.0870. The second-order valence-corrected chi connectivity index (χ2v) is 7.62. The first-order valence-corrected chi connectivity index (χ1v) is 9.91. The average molecular weight is 434 g/mol. The molecule has 0 aliphatic heterocycles. The SMILES string of the molecule is CN(C)c1ccc(NC(=O)Nc2cccc(C(=O)c3c[nH]c4ncc(Cl)cc34)c2)cc1. The van der Waals surface area contributed by atoms with Crippen molar-refractivity contribution >= 4 is 51.5 Å². The number of nitrogens with zero attached hydrogens (tertiary/aromatic N) is 2. The van der Waals surface area contributed by atoms with E-state index in [1.54, 1.807) is 36.5 Å². The van der Waals surface area contributed by atoms with E-state index in [1.807, 2.05) is 43.3 Å². The number of anilines is 3. The summed E-state index contributed by atoms with van der Waals surface area (Å²) >= 11 is 6.03. The number of rotatable bonds is 5. The number of hydrogen-bond donors (Lipinski definition) is 3. The van der Waals surface area contributed by atoms with Crippen molar-refractivity contribution in [2.45, 2.75) is 0 Å². The number of urea groups is 1. The van der Waals surface area contributed by atoms with Crippen LogP contribution in [0.4, 0.5) is 21.9 Å². The molecule has 0 bridgehead atoms. The van der Waals surface area contributed by atoms with Crippen LogP contribution in [0.2, 0.25) is 5.02 Å². The average Bonchev–Trinajstić information content (AvgIpc) is 3.16. The highest BCUT2D eigenvalue weighted by molar-refractivity contribution is 6.31. The lowest BCUT2D eigenvalue weighted by Crippen LogP contribution is -2.19. The van der Waals surface area contributed by atoms with Crippen molar-refractivity contribution in [2.75, 3.05) is 29.6 Å². The zero-order valence-corrected chi connectivity index (χ0v) is 17.7. The summed E-state index contributed by atoms with van der Waals surface area (Å²) in [6.07, 6.45) is 3.13. The molecule has 0 fully saturated rings. The third-order valence-corrected chi connectivity index (χ3v) is 4.97. The summed E-state index contributed by atoms with van der Waals surface area (Å²) in [6.45, 7) is 0. The van der Waals surface area contributed by atoms with Crippen LogP contribution in [0.15, 0.2) is 67.0 Å². The summed E-state index contributed by atoms with van der Waals surface area (Å²) in [5.74, 6) is -0.196. The summed E-state index contributed by atoms with van der Waals surface area (Å²) in [6, 6.07) is 15.5. The molecule has 31 heavy (non-hydrogen) atoms. The number of fused-ring (bicyclic) bond motifs is 1. The fourth-order valence-corrected chi connectivity index (χ4v) is 3.35. The number of H-pyrrole nitrogens is 1. The predicted molar refractivity (Wildman–Crippen MR) is 124 cm³/mol. The number of amides is 2. The van der Waals surface area contributed by atoms with Crippen molar-refractivity contribution in [3.8, 4) is 0 Å². The summed E-state index contributed by atoms with van der Waals surface area (Å²) in [5, 5.41) is 6.64. The third-order valence-electron chi connectivity index (χ3n) is 4.77. The molecule has 0 atom stereocenters. The molecule has 7 nitrogen and oxygen atoms in total. The molecular formula is C23H20ClN5O2. The van der Waals surface area contributed by atoms with Crippen molar-refractivity contribution < 1.29 is 9.59 Å². The molecular weight excluding hydrogens is 414 g/mol. The lowest BCUT2D eigenvalue weighted by Gasteiger charge is -2.13. The Morgan fingerprint density at radius 3 is 2.48 bits per heavy atom. The molecule has 156 valence electrons. The molecule has 2 amide bonds. The van der Waals surface area contributed by atoms with Gasteiger partial charge in [0, 0.05) is 60.1 Å². The lowest BCUT2D eigenvalue weighted by atomic mass is 10.0. The Morgan fingerprint density at radius 1 is 1.00 bits per heavy atom. The maximum Gasteiger partial charge on any atom is 0.323 e. The minimum atomic E-state index is -0.398. The van der Waals surface area contributed by atoms with Gasteiger partial charge in [0.15, 0.2) is 5.78 Å². The lowest BCUT2D eigenvalue weighted by molar-refractivity contribution is 0.104. The minimum Gasteiger partial charge on any atom is -0.378 e. The summed E-state index contributed by atoms with van der Waals surface area (Å²) in [7, 11) is 3.90. The van der Waals surface area contributed by atoms with E-state index >= 15 is 0 Å². The standard InChI is InChI=1S/C23H20ClN5O2/c1-29(2)18-8-6-16(7-9-18)27-23(31)28-17-5-3-4-14(10-17)21(30)20-13-26-22-19(20)11-15(24)12-25-22/h3-13H,1-2H3,(H,25,26)(H2,27,28,31). The number of carbonyl (C=O) groups excluding carboxylic acids is 2. The summed E-state index contributed by atoms with van der Waals surface area (Å²) in [5.41, 5.74) is 3.69. The van der Waals surface area contributed by atoms with Gasteiger partial charge in [0.05, 0.1) is 5.02 Å². The van der Waals surface area contributed by atoms with Gasteiger partial charge in [-0.2, -0.15) is 0 Å². The number of aromatic nitrogens is 2. The van der Waals surface area contributed by atoms with Crippen LogP contribution in [0, 0.1) is 0 Å². The molecule has 2 aromatic carbocycles. The van der Waals surface area contributed by atoms with Crippen LogP contribution in [0.5, 0.6) is 0 Å². The van der Waals surface area contributed by atoms with Crippen LogP contribution >= 0.6 is 11.6 Å². The van der Waals surface area contributed by atoms with Crippen molar-refractivity contribution in [1.82, 2.24) is 9.97 Å². The quantitative estimate of drug-likeness (QED) is 0.379. The van der Waals surface area contributed by atoms with E-state index in [0.717, 1.165) is 5.69 Å². The van der Waals surface area contributed by atoms with Gasteiger partial charge in [0.2, 0.25) is 0 Å².